The van der Waals surface area contributed by atoms with E-state index in [0.717, 1.165) is 23.9 Å². The Morgan fingerprint density at radius 3 is 2.70 bits per heavy atom. The molecule has 1 aromatic carbocycles. The highest BCUT2D eigenvalue weighted by molar-refractivity contribution is 5.78. The molecular weight excluding hydrogens is 361 g/mol. The van der Waals surface area contributed by atoms with Crippen molar-refractivity contribution in [1.29, 1.82) is 0 Å². The molecule has 0 aliphatic carbocycles. The van der Waals surface area contributed by atoms with Crippen molar-refractivity contribution in [3.8, 4) is 11.6 Å². The number of carbonyl (C=O) groups is 1. The van der Waals surface area contributed by atoms with Gasteiger partial charge >= 0.3 is 6.18 Å². The molecule has 1 amide bonds. The number of likely N-dealkylation sites (tertiary alicyclic amines) is 1. The van der Waals surface area contributed by atoms with Crippen LogP contribution in [0.2, 0.25) is 0 Å². The lowest BCUT2D eigenvalue weighted by atomic mass is 10.2. The highest BCUT2D eigenvalue weighted by atomic mass is 19.4. The molecule has 0 saturated carbocycles. The number of pyridine rings is 1. The summed E-state index contributed by atoms with van der Waals surface area (Å²) in [6.45, 7) is 2.60. The fourth-order valence-corrected chi connectivity index (χ4v) is 2.74. The minimum atomic E-state index is -4.45. The number of amides is 1. The van der Waals surface area contributed by atoms with Crippen molar-refractivity contribution in [1.82, 2.24) is 9.88 Å². The number of carbonyl (C=O) groups excluding carboxylic acids is 1. The van der Waals surface area contributed by atoms with Crippen LogP contribution in [0.15, 0.2) is 42.6 Å². The first-order valence-electron chi connectivity index (χ1n) is 8.48. The van der Waals surface area contributed by atoms with E-state index in [-0.39, 0.29) is 24.9 Å². The summed E-state index contributed by atoms with van der Waals surface area (Å²) in [5.74, 6) is 0.313. The second-order valence-corrected chi connectivity index (χ2v) is 6.35. The summed E-state index contributed by atoms with van der Waals surface area (Å²) >= 11 is 0. The second-order valence-electron chi connectivity index (χ2n) is 6.35. The molecule has 1 unspecified atom stereocenters. The molecule has 1 aliphatic rings. The third-order valence-corrected chi connectivity index (χ3v) is 4.23. The van der Waals surface area contributed by atoms with Gasteiger partial charge in [-0.2, -0.15) is 13.2 Å². The average molecular weight is 380 g/mol. The number of ether oxygens (including phenoxy) is 2. The molecule has 5 nitrogen and oxygen atoms in total. The predicted octanol–water partition coefficient (Wildman–Crippen LogP) is 3.47. The SMILES string of the molecule is Cc1ccc(OCC(=O)N2CCC(Oc3cc(C(F)(F)F)ccn3)C2)cc1. The van der Waals surface area contributed by atoms with Crippen LogP contribution in [0.1, 0.15) is 17.5 Å². The third kappa shape index (κ3) is 5.12. The molecule has 8 heteroatoms. The summed E-state index contributed by atoms with van der Waals surface area (Å²) in [6.07, 6.45) is -3.27. The van der Waals surface area contributed by atoms with E-state index in [4.69, 9.17) is 9.47 Å². The van der Waals surface area contributed by atoms with Gasteiger partial charge in [-0.25, -0.2) is 4.98 Å². The van der Waals surface area contributed by atoms with E-state index >= 15 is 0 Å². The second kappa shape index (κ2) is 7.85. The van der Waals surface area contributed by atoms with Gasteiger partial charge in [0.25, 0.3) is 5.91 Å². The van der Waals surface area contributed by atoms with E-state index in [1.54, 1.807) is 17.0 Å². The van der Waals surface area contributed by atoms with Gasteiger partial charge in [-0.1, -0.05) is 17.7 Å². The number of hydrogen-bond acceptors (Lipinski definition) is 4. The van der Waals surface area contributed by atoms with Gasteiger partial charge < -0.3 is 14.4 Å². The van der Waals surface area contributed by atoms with Crippen LogP contribution in [0.4, 0.5) is 13.2 Å². The zero-order valence-corrected chi connectivity index (χ0v) is 14.7. The molecule has 1 saturated heterocycles. The molecule has 3 rings (SSSR count). The molecule has 1 aliphatic heterocycles. The van der Waals surface area contributed by atoms with Gasteiger partial charge in [-0.05, 0) is 25.1 Å². The van der Waals surface area contributed by atoms with Gasteiger partial charge in [-0.3, -0.25) is 4.79 Å². The van der Waals surface area contributed by atoms with E-state index in [9.17, 15) is 18.0 Å². The summed E-state index contributed by atoms with van der Waals surface area (Å²) in [6, 6.07) is 9.11. The van der Waals surface area contributed by atoms with Gasteiger partial charge in [0.2, 0.25) is 5.88 Å². The van der Waals surface area contributed by atoms with Crippen molar-refractivity contribution in [2.75, 3.05) is 19.7 Å². The van der Waals surface area contributed by atoms with Crippen molar-refractivity contribution in [2.45, 2.75) is 25.6 Å². The number of benzene rings is 1. The number of aryl methyl sites for hydroxylation is 1. The highest BCUT2D eigenvalue weighted by Gasteiger charge is 2.32. The number of halogens is 3. The Morgan fingerprint density at radius 1 is 1.26 bits per heavy atom. The quantitative estimate of drug-likeness (QED) is 0.797. The summed E-state index contributed by atoms with van der Waals surface area (Å²) in [5, 5.41) is 0. The highest BCUT2D eigenvalue weighted by Crippen LogP contribution is 2.31. The monoisotopic (exact) mass is 380 g/mol. The summed E-state index contributed by atoms with van der Waals surface area (Å²) in [5.41, 5.74) is 0.279. The number of nitrogens with zero attached hydrogens (tertiary/aromatic N) is 2. The van der Waals surface area contributed by atoms with Gasteiger partial charge in [0.15, 0.2) is 6.61 Å². The summed E-state index contributed by atoms with van der Waals surface area (Å²) < 4.78 is 49.2. The van der Waals surface area contributed by atoms with E-state index in [1.807, 2.05) is 19.1 Å². The minimum Gasteiger partial charge on any atom is -0.484 e. The Hall–Kier alpha value is -2.77. The van der Waals surface area contributed by atoms with Crippen LogP contribution in [-0.2, 0) is 11.0 Å². The van der Waals surface area contributed by atoms with Gasteiger partial charge in [-0.15, -0.1) is 0 Å². The van der Waals surface area contributed by atoms with Crippen molar-refractivity contribution >= 4 is 5.91 Å². The van der Waals surface area contributed by atoms with Crippen molar-refractivity contribution in [3.05, 3.63) is 53.7 Å². The van der Waals surface area contributed by atoms with Crippen LogP contribution in [0.25, 0.3) is 0 Å². The molecule has 2 aromatic rings. The smallest absolute Gasteiger partial charge is 0.416 e. The zero-order valence-electron chi connectivity index (χ0n) is 14.7. The standard InChI is InChI=1S/C19H19F3N2O3/c1-13-2-4-15(5-3-13)26-12-18(25)24-9-7-16(11-24)27-17-10-14(6-8-23-17)19(20,21)22/h2-6,8,10,16H,7,9,11-12H2,1H3. The van der Waals surface area contributed by atoms with Crippen LogP contribution < -0.4 is 9.47 Å². The van der Waals surface area contributed by atoms with Crippen LogP contribution in [0.3, 0.4) is 0 Å². The molecule has 0 radical (unpaired) electrons. The Kier molecular flexibility index (Phi) is 5.53. The lowest BCUT2D eigenvalue weighted by Gasteiger charge is -2.17. The molecule has 2 heterocycles. The minimum absolute atomic E-state index is 0.0972. The number of aromatic nitrogens is 1. The number of rotatable bonds is 5. The Labute approximate surface area is 154 Å². The topological polar surface area (TPSA) is 51.7 Å². The van der Waals surface area contributed by atoms with Crippen molar-refractivity contribution in [2.24, 2.45) is 0 Å². The van der Waals surface area contributed by atoms with E-state index in [2.05, 4.69) is 4.98 Å². The molecule has 0 spiro atoms. The van der Waals surface area contributed by atoms with Gasteiger partial charge in [0, 0.05) is 25.2 Å². The molecule has 1 fully saturated rings. The maximum atomic E-state index is 12.7. The average Bonchev–Trinajstić information content (AvgIpc) is 3.09. The third-order valence-electron chi connectivity index (χ3n) is 4.23. The molecule has 1 atom stereocenters. The molecule has 27 heavy (non-hydrogen) atoms. The number of alkyl halides is 3. The Balaban J connectivity index is 1.51. The lowest BCUT2D eigenvalue weighted by molar-refractivity contribution is -0.137. The molecule has 0 N–H and O–H groups in total. The van der Waals surface area contributed by atoms with E-state index in [0.29, 0.717) is 18.7 Å². The lowest BCUT2D eigenvalue weighted by Crippen LogP contribution is -2.34. The summed E-state index contributed by atoms with van der Waals surface area (Å²) in [7, 11) is 0. The summed E-state index contributed by atoms with van der Waals surface area (Å²) in [4.78, 5) is 17.6. The molecular formula is C19H19F3N2O3. The predicted molar refractivity (Wildman–Crippen MR) is 91.5 cm³/mol. The van der Waals surface area contributed by atoms with E-state index < -0.39 is 17.8 Å². The maximum absolute atomic E-state index is 12.7. The van der Waals surface area contributed by atoms with Crippen LogP contribution in [0.5, 0.6) is 11.6 Å². The largest absolute Gasteiger partial charge is 0.484 e. The molecule has 144 valence electrons. The van der Waals surface area contributed by atoms with E-state index in [1.165, 1.54) is 0 Å². The Morgan fingerprint density at radius 2 is 2.00 bits per heavy atom. The maximum Gasteiger partial charge on any atom is 0.416 e. The molecule has 1 aromatic heterocycles. The zero-order chi connectivity index (χ0) is 19.4. The van der Waals surface area contributed by atoms with Crippen LogP contribution >= 0.6 is 0 Å². The van der Waals surface area contributed by atoms with Crippen molar-refractivity contribution < 1.29 is 27.4 Å². The van der Waals surface area contributed by atoms with Crippen LogP contribution in [0, 0.1) is 6.92 Å². The fraction of sp³-hybridized carbons (Fsp3) is 0.368. The first-order valence-corrected chi connectivity index (χ1v) is 8.48. The fourth-order valence-electron chi connectivity index (χ4n) is 2.74. The number of hydrogen-bond donors (Lipinski definition) is 0. The first kappa shape index (κ1) is 19.0. The Bertz CT molecular complexity index is 794. The van der Waals surface area contributed by atoms with Crippen LogP contribution in [-0.4, -0.2) is 41.6 Å². The van der Waals surface area contributed by atoms with Gasteiger partial charge in [0.05, 0.1) is 12.1 Å². The first-order chi connectivity index (χ1) is 12.8. The normalized spacial score (nSPS) is 17.0. The van der Waals surface area contributed by atoms with Gasteiger partial charge in [0.1, 0.15) is 11.9 Å². The molecule has 0 bridgehead atoms. The van der Waals surface area contributed by atoms with Crippen molar-refractivity contribution in [3.63, 3.8) is 0 Å².